The van der Waals surface area contributed by atoms with Gasteiger partial charge in [-0.05, 0) is 19.1 Å². The summed E-state index contributed by atoms with van der Waals surface area (Å²) in [6.45, 7) is 0.881. The minimum Gasteiger partial charge on any atom is -0.492 e. The number of nitrogens with two attached hydrogens (primary N) is 1. The summed E-state index contributed by atoms with van der Waals surface area (Å²) in [6, 6.07) is 4.64. The van der Waals surface area contributed by atoms with Gasteiger partial charge in [-0.2, -0.15) is 8.78 Å². The molecule has 0 spiro atoms. The van der Waals surface area contributed by atoms with Crippen LogP contribution in [-0.2, 0) is 6.54 Å². The van der Waals surface area contributed by atoms with Crippen LogP contribution >= 0.6 is 0 Å². The third kappa shape index (κ3) is 2.50. The van der Waals surface area contributed by atoms with Gasteiger partial charge in [0.15, 0.2) is 0 Å². The second-order valence-corrected chi connectivity index (χ2v) is 4.17. The van der Waals surface area contributed by atoms with Crippen molar-refractivity contribution in [1.29, 1.82) is 0 Å². The lowest BCUT2D eigenvalue weighted by molar-refractivity contribution is -0.136. The molecule has 0 unspecified atom stereocenters. The Labute approximate surface area is 112 Å². The summed E-state index contributed by atoms with van der Waals surface area (Å²) in [5.41, 5.74) is 6.05. The first-order valence-electron chi connectivity index (χ1n) is 5.90. The number of aromatic nitrogens is 2. The van der Waals surface area contributed by atoms with Crippen molar-refractivity contribution in [2.75, 3.05) is 12.3 Å². The number of nitrogen functional groups attached to an aromatic ring is 1. The summed E-state index contributed by atoms with van der Waals surface area (Å²) in [6.07, 6.45) is -3.77. The van der Waals surface area contributed by atoms with E-state index < -0.39 is 18.9 Å². The standard InChI is InChI=1S/C12H13F4N3O/c1-2-20-8-5-3-4-7-9(8)18-11(17)19(7)6-12(15,16)10(13)14/h3-5,10H,2,6H2,1H3,(H2,17,18). The molecule has 1 aromatic carbocycles. The van der Waals surface area contributed by atoms with Crippen LogP contribution in [0.3, 0.4) is 0 Å². The Morgan fingerprint density at radius 2 is 2.10 bits per heavy atom. The van der Waals surface area contributed by atoms with Gasteiger partial charge >= 0.3 is 12.3 Å². The summed E-state index contributed by atoms with van der Waals surface area (Å²) in [7, 11) is 0. The first kappa shape index (κ1) is 14.4. The zero-order valence-electron chi connectivity index (χ0n) is 10.6. The van der Waals surface area contributed by atoms with Crippen molar-refractivity contribution >= 4 is 17.0 Å². The van der Waals surface area contributed by atoms with E-state index in [1.54, 1.807) is 19.1 Å². The lowest BCUT2D eigenvalue weighted by Crippen LogP contribution is -2.32. The smallest absolute Gasteiger partial charge is 0.324 e. The molecule has 2 aromatic rings. The van der Waals surface area contributed by atoms with Crippen LogP contribution in [0, 0.1) is 0 Å². The molecule has 0 fully saturated rings. The van der Waals surface area contributed by atoms with Gasteiger partial charge in [0.25, 0.3) is 0 Å². The van der Waals surface area contributed by atoms with E-state index >= 15 is 0 Å². The van der Waals surface area contributed by atoms with Crippen LogP contribution in [0.15, 0.2) is 18.2 Å². The highest BCUT2D eigenvalue weighted by atomic mass is 19.3. The molecule has 0 bridgehead atoms. The van der Waals surface area contributed by atoms with Crippen molar-refractivity contribution in [3.05, 3.63) is 18.2 Å². The number of imidazole rings is 1. The third-order valence-electron chi connectivity index (χ3n) is 2.76. The molecular weight excluding hydrogens is 278 g/mol. The third-order valence-corrected chi connectivity index (χ3v) is 2.76. The number of hydrogen-bond donors (Lipinski definition) is 1. The van der Waals surface area contributed by atoms with Gasteiger partial charge in [-0.25, -0.2) is 13.8 Å². The van der Waals surface area contributed by atoms with Gasteiger partial charge in [-0.15, -0.1) is 0 Å². The van der Waals surface area contributed by atoms with Crippen LogP contribution in [0.4, 0.5) is 23.5 Å². The summed E-state index contributed by atoms with van der Waals surface area (Å²) in [5, 5.41) is 0. The molecule has 8 heteroatoms. The van der Waals surface area contributed by atoms with E-state index in [2.05, 4.69) is 4.98 Å². The highest BCUT2D eigenvalue weighted by Crippen LogP contribution is 2.31. The van der Waals surface area contributed by atoms with Gasteiger partial charge in [0.2, 0.25) is 5.95 Å². The number of fused-ring (bicyclic) bond motifs is 1. The van der Waals surface area contributed by atoms with E-state index in [1.165, 1.54) is 6.07 Å². The Bertz CT molecular complexity index is 612. The Kier molecular flexibility index (Phi) is 3.74. The van der Waals surface area contributed by atoms with Crippen LogP contribution in [0.25, 0.3) is 11.0 Å². The lowest BCUT2D eigenvalue weighted by atomic mass is 10.2. The molecule has 0 aliphatic heterocycles. The number of rotatable bonds is 5. The first-order valence-corrected chi connectivity index (χ1v) is 5.90. The summed E-state index contributed by atoms with van der Waals surface area (Å²) in [4.78, 5) is 3.91. The highest BCUT2D eigenvalue weighted by molar-refractivity contribution is 5.84. The number of anilines is 1. The van der Waals surface area contributed by atoms with Crippen LogP contribution in [-0.4, -0.2) is 28.5 Å². The molecule has 0 aliphatic rings. The fourth-order valence-electron chi connectivity index (χ4n) is 1.86. The molecule has 0 aliphatic carbocycles. The van der Waals surface area contributed by atoms with E-state index in [1.807, 2.05) is 0 Å². The molecule has 2 N–H and O–H groups in total. The largest absolute Gasteiger partial charge is 0.492 e. The maximum absolute atomic E-state index is 13.2. The van der Waals surface area contributed by atoms with Crippen molar-refractivity contribution in [1.82, 2.24) is 9.55 Å². The van der Waals surface area contributed by atoms with Crippen molar-refractivity contribution in [2.45, 2.75) is 25.8 Å². The number of alkyl halides is 4. The molecule has 0 saturated carbocycles. The molecule has 0 atom stereocenters. The normalized spacial score (nSPS) is 12.3. The molecule has 1 heterocycles. The van der Waals surface area contributed by atoms with E-state index in [4.69, 9.17) is 10.5 Å². The molecular formula is C12H13F4N3O. The fraction of sp³-hybridized carbons (Fsp3) is 0.417. The second-order valence-electron chi connectivity index (χ2n) is 4.17. The van der Waals surface area contributed by atoms with Crippen LogP contribution in [0.2, 0.25) is 0 Å². The van der Waals surface area contributed by atoms with Gasteiger partial charge < -0.3 is 15.0 Å². The Balaban J connectivity index is 2.49. The molecule has 110 valence electrons. The minimum absolute atomic E-state index is 0.230. The van der Waals surface area contributed by atoms with Gasteiger partial charge in [0, 0.05) is 0 Å². The molecule has 4 nitrogen and oxygen atoms in total. The molecule has 2 rings (SSSR count). The maximum atomic E-state index is 13.2. The Morgan fingerprint density at radius 1 is 1.40 bits per heavy atom. The number of nitrogens with zero attached hydrogens (tertiary/aromatic N) is 2. The van der Waals surface area contributed by atoms with Crippen molar-refractivity contribution < 1.29 is 22.3 Å². The monoisotopic (exact) mass is 291 g/mol. The van der Waals surface area contributed by atoms with E-state index in [0.29, 0.717) is 12.4 Å². The van der Waals surface area contributed by atoms with Crippen LogP contribution in [0.1, 0.15) is 6.92 Å². The maximum Gasteiger partial charge on any atom is 0.324 e. The van der Waals surface area contributed by atoms with Gasteiger partial charge in [0.1, 0.15) is 11.3 Å². The predicted molar refractivity (Wildman–Crippen MR) is 66.3 cm³/mol. The molecule has 0 saturated heterocycles. The second kappa shape index (κ2) is 5.18. The zero-order valence-corrected chi connectivity index (χ0v) is 10.6. The van der Waals surface area contributed by atoms with Crippen molar-refractivity contribution in [3.8, 4) is 5.75 Å². The lowest BCUT2D eigenvalue weighted by Gasteiger charge is -2.17. The predicted octanol–water partition coefficient (Wildman–Crippen LogP) is 2.92. The van der Waals surface area contributed by atoms with Gasteiger partial charge in [0.05, 0.1) is 18.7 Å². The molecule has 20 heavy (non-hydrogen) atoms. The number of ether oxygens (including phenoxy) is 1. The highest BCUT2D eigenvalue weighted by Gasteiger charge is 2.41. The van der Waals surface area contributed by atoms with Gasteiger partial charge in [-0.1, -0.05) is 6.07 Å². The topological polar surface area (TPSA) is 53.1 Å². The summed E-state index contributed by atoms with van der Waals surface area (Å²) in [5.74, 6) is -4.06. The average molecular weight is 291 g/mol. The number of benzene rings is 1. The number of halogens is 4. The Morgan fingerprint density at radius 3 is 2.70 bits per heavy atom. The molecule has 0 radical (unpaired) electrons. The molecule has 1 aromatic heterocycles. The van der Waals surface area contributed by atoms with Crippen LogP contribution < -0.4 is 10.5 Å². The number of hydrogen-bond acceptors (Lipinski definition) is 3. The minimum atomic E-state index is -4.18. The summed E-state index contributed by atoms with van der Waals surface area (Å²) < 4.78 is 57.1. The van der Waals surface area contributed by atoms with Crippen molar-refractivity contribution in [3.63, 3.8) is 0 Å². The first-order chi connectivity index (χ1) is 9.36. The quantitative estimate of drug-likeness (QED) is 0.862. The Hall–Kier alpha value is -1.99. The van der Waals surface area contributed by atoms with Crippen molar-refractivity contribution in [2.24, 2.45) is 0 Å². The molecule has 0 amide bonds. The number of para-hydroxylation sites is 1. The zero-order chi connectivity index (χ0) is 14.9. The van der Waals surface area contributed by atoms with E-state index in [-0.39, 0.29) is 17.0 Å². The van der Waals surface area contributed by atoms with Crippen LogP contribution in [0.5, 0.6) is 5.75 Å². The summed E-state index contributed by atoms with van der Waals surface area (Å²) >= 11 is 0. The van der Waals surface area contributed by atoms with E-state index in [0.717, 1.165) is 4.57 Å². The SMILES string of the molecule is CCOc1cccc2c1nc(N)n2CC(F)(F)C(F)F. The average Bonchev–Trinajstić information content (AvgIpc) is 2.67. The van der Waals surface area contributed by atoms with Gasteiger partial charge in [-0.3, -0.25) is 0 Å². The fourth-order valence-corrected chi connectivity index (χ4v) is 1.86. The van der Waals surface area contributed by atoms with E-state index in [9.17, 15) is 17.6 Å².